The number of rotatable bonds is 1. The second-order valence-corrected chi connectivity index (χ2v) is 6.40. The highest BCUT2D eigenvalue weighted by Crippen LogP contribution is 2.38. The van der Waals surface area contributed by atoms with Gasteiger partial charge in [0.2, 0.25) is 0 Å². The highest BCUT2D eigenvalue weighted by Gasteiger charge is 2.14. The number of aromatic nitrogens is 1. The van der Waals surface area contributed by atoms with Crippen molar-refractivity contribution in [1.82, 2.24) is 4.57 Å². The molecule has 1 nitrogen and oxygen atoms in total. The number of hydrogen-bond donors (Lipinski definition) is 0. The van der Waals surface area contributed by atoms with Gasteiger partial charge in [-0.25, -0.2) is 0 Å². The molecule has 22 heavy (non-hydrogen) atoms. The van der Waals surface area contributed by atoms with Gasteiger partial charge in [0.25, 0.3) is 0 Å². The molecule has 2 heterocycles. The van der Waals surface area contributed by atoms with Crippen LogP contribution in [0.2, 0.25) is 0 Å². The first-order valence-corrected chi connectivity index (χ1v) is 8.26. The third kappa shape index (κ3) is 1.53. The number of benzene rings is 3. The molecule has 0 aliphatic rings. The van der Waals surface area contributed by atoms with E-state index in [1.807, 2.05) is 11.3 Å². The summed E-state index contributed by atoms with van der Waals surface area (Å²) in [6.07, 6.45) is 0. The quantitative estimate of drug-likeness (QED) is 0.358. The van der Waals surface area contributed by atoms with Crippen molar-refractivity contribution in [2.24, 2.45) is 0 Å². The van der Waals surface area contributed by atoms with Gasteiger partial charge in [0, 0.05) is 21.2 Å². The van der Waals surface area contributed by atoms with Crippen LogP contribution < -0.4 is 0 Å². The van der Waals surface area contributed by atoms with Crippen molar-refractivity contribution in [2.45, 2.75) is 0 Å². The summed E-state index contributed by atoms with van der Waals surface area (Å²) in [4.78, 5) is 0. The van der Waals surface area contributed by atoms with Crippen LogP contribution in [-0.4, -0.2) is 4.57 Å². The molecular formula is C20H13NS. The normalized spacial score (nSPS) is 11.6. The molecule has 0 bridgehead atoms. The molecule has 0 aliphatic carbocycles. The Morgan fingerprint density at radius 3 is 2.41 bits per heavy atom. The van der Waals surface area contributed by atoms with Crippen molar-refractivity contribution in [2.75, 3.05) is 0 Å². The lowest BCUT2D eigenvalue weighted by molar-refractivity contribution is 1.18. The average molecular weight is 299 g/mol. The first kappa shape index (κ1) is 12.0. The maximum absolute atomic E-state index is 2.36. The maximum atomic E-state index is 2.36. The summed E-state index contributed by atoms with van der Waals surface area (Å²) in [5.41, 5.74) is 3.76. The minimum absolute atomic E-state index is 1.21. The van der Waals surface area contributed by atoms with Gasteiger partial charge in [-0.15, -0.1) is 11.3 Å². The summed E-state index contributed by atoms with van der Waals surface area (Å²) < 4.78 is 3.74. The van der Waals surface area contributed by atoms with Gasteiger partial charge in [-0.2, -0.15) is 0 Å². The lowest BCUT2D eigenvalue weighted by Crippen LogP contribution is -1.92. The Bertz CT molecular complexity index is 1120. The monoisotopic (exact) mass is 299 g/mol. The lowest BCUT2D eigenvalue weighted by atomic mass is 10.1. The first-order chi connectivity index (χ1) is 10.9. The Morgan fingerprint density at radius 1 is 0.682 bits per heavy atom. The van der Waals surface area contributed by atoms with Crippen molar-refractivity contribution in [3.8, 4) is 5.69 Å². The van der Waals surface area contributed by atoms with Crippen LogP contribution in [0.4, 0.5) is 0 Å². The molecule has 0 radical (unpaired) electrons. The van der Waals surface area contributed by atoms with Crippen LogP contribution in [0.25, 0.3) is 37.6 Å². The molecular weight excluding hydrogens is 286 g/mol. The van der Waals surface area contributed by atoms with Crippen molar-refractivity contribution < 1.29 is 0 Å². The second kappa shape index (κ2) is 4.46. The molecule has 0 N–H and O–H groups in total. The summed E-state index contributed by atoms with van der Waals surface area (Å²) in [6, 6.07) is 26.0. The Balaban J connectivity index is 2.08. The zero-order valence-electron chi connectivity index (χ0n) is 11.9. The maximum Gasteiger partial charge on any atom is 0.0555 e. The predicted molar refractivity (Wildman–Crippen MR) is 96.2 cm³/mol. The van der Waals surface area contributed by atoms with Gasteiger partial charge in [-0.3, -0.25) is 0 Å². The molecule has 0 unspecified atom stereocenters. The largest absolute Gasteiger partial charge is 0.309 e. The molecule has 0 amide bonds. The van der Waals surface area contributed by atoms with E-state index in [0.717, 1.165) is 0 Å². The van der Waals surface area contributed by atoms with Crippen molar-refractivity contribution >= 4 is 43.2 Å². The predicted octanol–water partition coefficient (Wildman–Crippen LogP) is 6.00. The summed E-state index contributed by atoms with van der Waals surface area (Å²) in [7, 11) is 0. The van der Waals surface area contributed by atoms with Gasteiger partial charge in [0.15, 0.2) is 0 Å². The molecule has 2 heteroatoms. The Labute approximate surface area is 132 Å². The fourth-order valence-electron chi connectivity index (χ4n) is 3.33. The summed E-state index contributed by atoms with van der Waals surface area (Å²) in [5, 5.41) is 6.20. The molecule has 0 aliphatic heterocycles. The molecule has 0 spiro atoms. The SMILES string of the molecule is c1ccc(-n2c3ccccc3c3c4sccc4ccc32)cc1. The first-order valence-electron chi connectivity index (χ1n) is 7.38. The highest BCUT2D eigenvalue weighted by molar-refractivity contribution is 7.18. The number of thiophene rings is 1. The smallest absolute Gasteiger partial charge is 0.0555 e. The van der Waals surface area contributed by atoms with Crippen molar-refractivity contribution in [3.63, 3.8) is 0 Å². The lowest BCUT2D eigenvalue weighted by Gasteiger charge is -2.07. The number of para-hydroxylation sites is 2. The van der Waals surface area contributed by atoms with Gasteiger partial charge >= 0.3 is 0 Å². The van der Waals surface area contributed by atoms with E-state index in [1.54, 1.807) is 0 Å². The van der Waals surface area contributed by atoms with E-state index >= 15 is 0 Å². The van der Waals surface area contributed by atoms with Crippen LogP contribution in [0.3, 0.4) is 0 Å². The van der Waals surface area contributed by atoms with Gasteiger partial charge in [0.1, 0.15) is 0 Å². The van der Waals surface area contributed by atoms with Crippen LogP contribution in [0.1, 0.15) is 0 Å². The number of fused-ring (bicyclic) bond motifs is 5. The Morgan fingerprint density at radius 2 is 1.50 bits per heavy atom. The Hall–Kier alpha value is -2.58. The van der Waals surface area contributed by atoms with Gasteiger partial charge < -0.3 is 4.57 Å². The van der Waals surface area contributed by atoms with Crippen molar-refractivity contribution in [3.05, 3.63) is 78.2 Å². The minimum atomic E-state index is 1.21. The van der Waals surface area contributed by atoms with Gasteiger partial charge in [0.05, 0.1) is 11.0 Å². The molecule has 3 aromatic carbocycles. The van der Waals surface area contributed by atoms with E-state index in [9.17, 15) is 0 Å². The second-order valence-electron chi connectivity index (χ2n) is 5.49. The molecule has 104 valence electrons. The highest BCUT2D eigenvalue weighted by atomic mass is 32.1. The van der Waals surface area contributed by atoms with Crippen LogP contribution >= 0.6 is 11.3 Å². The van der Waals surface area contributed by atoms with Gasteiger partial charge in [-0.1, -0.05) is 42.5 Å². The fourth-order valence-corrected chi connectivity index (χ4v) is 4.29. The zero-order chi connectivity index (χ0) is 14.5. The van der Waals surface area contributed by atoms with Crippen molar-refractivity contribution in [1.29, 1.82) is 0 Å². The van der Waals surface area contributed by atoms with E-state index in [-0.39, 0.29) is 0 Å². The van der Waals surface area contributed by atoms with Crippen LogP contribution in [0.15, 0.2) is 78.2 Å². The van der Waals surface area contributed by atoms with Crippen LogP contribution in [0.5, 0.6) is 0 Å². The summed E-state index contributed by atoms with van der Waals surface area (Å²) in [5.74, 6) is 0. The molecule has 0 saturated heterocycles. The fraction of sp³-hybridized carbons (Fsp3) is 0. The molecule has 5 aromatic rings. The molecule has 0 atom stereocenters. The third-order valence-corrected chi connectivity index (χ3v) is 5.22. The molecule has 5 rings (SSSR count). The molecule has 0 saturated carbocycles. The van der Waals surface area contributed by atoms with E-state index in [1.165, 1.54) is 37.6 Å². The zero-order valence-corrected chi connectivity index (χ0v) is 12.7. The van der Waals surface area contributed by atoms with Crippen LogP contribution in [0, 0.1) is 0 Å². The number of nitrogens with zero attached hydrogens (tertiary/aromatic N) is 1. The van der Waals surface area contributed by atoms with E-state index in [4.69, 9.17) is 0 Å². The average Bonchev–Trinajstić information content (AvgIpc) is 3.17. The van der Waals surface area contributed by atoms with E-state index in [0.29, 0.717) is 0 Å². The van der Waals surface area contributed by atoms with E-state index < -0.39 is 0 Å². The molecule has 2 aromatic heterocycles. The number of hydrogen-bond acceptors (Lipinski definition) is 1. The standard InChI is InChI=1S/C20H13NS/c1-2-6-15(7-3-1)21-17-9-5-4-8-16(17)19-18(21)11-10-14-12-13-22-20(14)19/h1-13H. The molecule has 0 fully saturated rings. The minimum Gasteiger partial charge on any atom is -0.309 e. The summed E-state index contributed by atoms with van der Waals surface area (Å²) in [6.45, 7) is 0. The third-order valence-electron chi connectivity index (χ3n) is 4.27. The Kier molecular flexibility index (Phi) is 2.43. The van der Waals surface area contributed by atoms with Crippen LogP contribution in [-0.2, 0) is 0 Å². The van der Waals surface area contributed by atoms with E-state index in [2.05, 4.69) is 82.7 Å². The topological polar surface area (TPSA) is 4.93 Å². The summed E-state index contributed by atoms with van der Waals surface area (Å²) >= 11 is 1.83. The van der Waals surface area contributed by atoms with Gasteiger partial charge in [-0.05, 0) is 41.1 Å².